The highest BCUT2D eigenvalue weighted by atomic mass is 19.4. The Hall–Kier alpha value is -2.56. The number of H-pyrrole nitrogens is 1. The van der Waals surface area contributed by atoms with Crippen LogP contribution in [0.2, 0.25) is 0 Å². The number of halogens is 3. The molecule has 1 aliphatic rings. The number of aromatic amines is 1. The minimum atomic E-state index is -4.60. The molecule has 1 heterocycles. The molecule has 1 unspecified atom stereocenters. The molecule has 0 bridgehead atoms. The summed E-state index contributed by atoms with van der Waals surface area (Å²) in [6.07, 6.45) is -3.40. The number of fused-ring (bicyclic) bond motifs is 2. The molecule has 1 aromatic heterocycles. The van der Waals surface area contributed by atoms with E-state index in [4.69, 9.17) is 0 Å². The topological polar surface area (TPSA) is 32.9 Å². The van der Waals surface area contributed by atoms with Gasteiger partial charge in [0.2, 0.25) is 0 Å². The monoisotopic (exact) mass is 329 g/mol. The van der Waals surface area contributed by atoms with Crippen LogP contribution >= 0.6 is 0 Å². The molecule has 4 rings (SSSR count). The number of hydrogen-bond acceptors (Lipinski definition) is 1. The molecule has 0 fully saturated rings. The highest BCUT2D eigenvalue weighted by Crippen LogP contribution is 2.42. The van der Waals surface area contributed by atoms with Gasteiger partial charge < -0.3 is 4.98 Å². The van der Waals surface area contributed by atoms with Gasteiger partial charge in [-0.2, -0.15) is 13.2 Å². The highest BCUT2D eigenvalue weighted by Gasteiger charge is 2.40. The van der Waals surface area contributed by atoms with Gasteiger partial charge >= 0.3 is 6.18 Å². The molecular weight excluding hydrogens is 315 g/mol. The first-order valence-electron chi connectivity index (χ1n) is 7.76. The van der Waals surface area contributed by atoms with E-state index in [9.17, 15) is 18.0 Å². The summed E-state index contributed by atoms with van der Waals surface area (Å²) in [4.78, 5) is 15.3. The van der Waals surface area contributed by atoms with Gasteiger partial charge in [-0.05, 0) is 36.1 Å². The van der Waals surface area contributed by atoms with Crippen LogP contribution in [0.4, 0.5) is 13.2 Å². The van der Waals surface area contributed by atoms with Crippen molar-refractivity contribution in [2.75, 3.05) is 0 Å². The van der Waals surface area contributed by atoms with E-state index in [-0.39, 0.29) is 11.1 Å². The van der Waals surface area contributed by atoms with E-state index in [2.05, 4.69) is 4.98 Å². The van der Waals surface area contributed by atoms with E-state index in [1.165, 1.54) is 6.07 Å². The summed E-state index contributed by atoms with van der Waals surface area (Å²) in [5, 5.41) is 0.296. The Morgan fingerprint density at radius 3 is 2.50 bits per heavy atom. The minimum absolute atomic E-state index is 0.161. The predicted octanol–water partition coefficient (Wildman–Crippen LogP) is 4.63. The molecule has 1 atom stereocenters. The summed E-state index contributed by atoms with van der Waals surface area (Å²) in [6, 6.07) is 13.8. The largest absolute Gasteiger partial charge is 0.431 e. The quantitative estimate of drug-likeness (QED) is 0.694. The van der Waals surface area contributed by atoms with Gasteiger partial charge in [-0.25, -0.2) is 0 Å². The first kappa shape index (κ1) is 15.0. The molecule has 122 valence electrons. The van der Waals surface area contributed by atoms with Gasteiger partial charge in [0, 0.05) is 22.4 Å². The van der Waals surface area contributed by atoms with Crippen LogP contribution in [0.25, 0.3) is 10.9 Å². The predicted molar refractivity (Wildman–Crippen MR) is 86.2 cm³/mol. The summed E-state index contributed by atoms with van der Waals surface area (Å²) < 4.78 is 40.8. The molecule has 2 nitrogen and oxygen atoms in total. The lowest BCUT2D eigenvalue weighted by Crippen LogP contribution is -2.23. The van der Waals surface area contributed by atoms with Crippen LogP contribution in [-0.2, 0) is 12.6 Å². The number of aromatic nitrogens is 1. The van der Waals surface area contributed by atoms with Gasteiger partial charge in [0.1, 0.15) is 5.69 Å². The summed E-state index contributed by atoms with van der Waals surface area (Å²) in [5.41, 5.74) is 0.439. The lowest BCUT2D eigenvalue weighted by molar-refractivity contribution is -0.141. The molecular formula is C19H14F3NO. The van der Waals surface area contributed by atoms with Crippen LogP contribution in [0.3, 0.4) is 0 Å². The molecule has 0 aliphatic heterocycles. The second-order valence-electron chi connectivity index (χ2n) is 6.08. The normalized spacial score (nSPS) is 17.2. The maximum atomic E-state index is 13.6. The summed E-state index contributed by atoms with van der Waals surface area (Å²) >= 11 is 0. The molecule has 1 aliphatic carbocycles. The zero-order chi connectivity index (χ0) is 16.9. The molecule has 0 radical (unpaired) electrons. The van der Waals surface area contributed by atoms with Crippen molar-refractivity contribution in [1.82, 2.24) is 4.98 Å². The molecule has 3 aromatic rings. The number of alkyl halides is 3. The Labute approximate surface area is 136 Å². The van der Waals surface area contributed by atoms with Gasteiger partial charge in [-0.1, -0.05) is 36.4 Å². The second-order valence-corrected chi connectivity index (χ2v) is 6.08. The molecule has 0 saturated carbocycles. The number of pyridine rings is 1. The molecule has 0 spiro atoms. The number of hydrogen-bond donors (Lipinski definition) is 1. The number of nitrogens with one attached hydrogen (secondary N) is 1. The smallest absolute Gasteiger partial charge is 0.351 e. The first-order valence-corrected chi connectivity index (χ1v) is 7.76. The van der Waals surface area contributed by atoms with E-state index < -0.39 is 23.2 Å². The van der Waals surface area contributed by atoms with Crippen LogP contribution in [-0.4, -0.2) is 4.98 Å². The van der Waals surface area contributed by atoms with Gasteiger partial charge in [0.25, 0.3) is 0 Å². The molecule has 2 aromatic carbocycles. The Morgan fingerprint density at radius 1 is 1.00 bits per heavy atom. The fourth-order valence-corrected chi connectivity index (χ4v) is 3.66. The van der Waals surface area contributed by atoms with E-state index in [0.29, 0.717) is 18.2 Å². The fraction of sp³-hybridized carbons (Fsp3) is 0.211. The van der Waals surface area contributed by atoms with Crippen molar-refractivity contribution in [1.29, 1.82) is 0 Å². The number of aryl methyl sites for hydroxylation is 1. The second kappa shape index (κ2) is 5.23. The number of para-hydroxylation sites is 1. The summed E-state index contributed by atoms with van der Waals surface area (Å²) in [5.74, 6) is -0.522. The Balaban J connectivity index is 2.05. The summed E-state index contributed by atoms with van der Waals surface area (Å²) in [6.45, 7) is 0. The first-order chi connectivity index (χ1) is 11.5. The fourth-order valence-electron chi connectivity index (χ4n) is 3.66. The highest BCUT2D eigenvalue weighted by molar-refractivity contribution is 5.79. The van der Waals surface area contributed by atoms with Crippen LogP contribution in [0.1, 0.15) is 34.7 Å². The van der Waals surface area contributed by atoms with E-state index in [1.807, 2.05) is 18.2 Å². The molecule has 0 saturated heterocycles. The van der Waals surface area contributed by atoms with Crippen molar-refractivity contribution in [2.24, 2.45) is 0 Å². The van der Waals surface area contributed by atoms with Crippen molar-refractivity contribution in [2.45, 2.75) is 24.9 Å². The van der Waals surface area contributed by atoms with E-state index >= 15 is 0 Å². The van der Waals surface area contributed by atoms with Gasteiger partial charge in [-0.15, -0.1) is 0 Å². The van der Waals surface area contributed by atoms with Crippen LogP contribution < -0.4 is 5.43 Å². The average Bonchev–Trinajstić information content (AvgIpc) is 2.98. The van der Waals surface area contributed by atoms with Gasteiger partial charge in [-0.3, -0.25) is 4.79 Å². The molecule has 5 heteroatoms. The average molecular weight is 329 g/mol. The lowest BCUT2D eigenvalue weighted by atomic mass is 9.90. The lowest BCUT2D eigenvalue weighted by Gasteiger charge is -2.19. The Bertz CT molecular complexity index is 988. The van der Waals surface area contributed by atoms with E-state index in [1.54, 1.807) is 24.3 Å². The third kappa shape index (κ3) is 2.23. The molecule has 1 N–H and O–H groups in total. The SMILES string of the molecule is O=c1c(C2CCc3ccccc32)c(C(F)(F)F)[nH]c2ccccc12. The molecule has 0 amide bonds. The maximum absolute atomic E-state index is 13.6. The van der Waals surface area contributed by atoms with Crippen molar-refractivity contribution in [3.63, 3.8) is 0 Å². The Kier molecular flexibility index (Phi) is 3.27. The molecule has 24 heavy (non-hydrogen) atoms. The van der Waals surface area contributed by atoms with Gasteiger partial charge in [0.05, 0.1) is 0 Å². The maximum Gasteiger partial charge on any atom is 0.431 e. The van der Waals surface area contributed by atoms with Crippen LogP contribution in [0, 0.1) is 0 Å². The zero-order valence-corrected chi connectivity index (χ0v) is 12.7. The third-order valence-corrected chi connectivity index (χ3v) is 4.71. The number of benzene rings is 2. The van der Waals surface area contributed by atoms with Crippen LogP contribution in [0.15, 0.2) is 53.3 Å². The van der Waals surface area contributed by atoms with Crippen molar-refractivity contribution in [3.05, 3.63) is 81.1 Å². The summed E-state index contributed by atoms with van der Waals surface area (Å²) in [7, 11) is 0. The Morgan fingerprint density at radius 2 is 1.71 bits per heavy atom. The van der Waals surface area contributed by atoms with Crippen LogP contribution in [0.5, 0.6) is 0 Å². The number of rotatable bonds is 1. The third-order valence-electron chi connectivity index (χ3n) is 4.71. The minimum Gasteiger partial charge on any atom is -0.351 e. The van der Waals surface area contributed by atoms with Crippen molar-refractivity contribution >= 4 is 10.9 Å². The van der Waals surface area contributed by atoms with Crippen molar-refractivity contribution in [3.8, 4) is 0 Å². The van der Waals surface area contributed by atoms with E-state index in [0.717, 1.165) is 11.1 Å². The van der Waals surface area contributed by atoms with Crippen molar-refractivity contribution < 1.29 is 13.2 Å². The standard InChI is InChI=1S/C19H14F3NO/c20-19(21,22)18-16(13-10-9-11-5-1-2-6-12(11)13)17(24)14-7-3-4-8-15(14)23-18/h1-8,13H,9-10H2,(H,23,24). The zero-order valence-electron chi connectivity index (χ0n) is 12.7. The van der Waals surface area contributed by atoms with Gasteiger partial charge in [0.15, 0.2) is 5.43 Å².